The van der Waals surface area contributed by atoms with Gasteiger partial charge in [-0.2, -0.15) is 0 Å². The monoisotopic (exact) mass is 231 g/mol. The number of ether oxygens (including phenoxy) is 1. The van der Waals surface area contributed by atoms with Gasteiger partial charge in [-0.15, -0.1) is 0 Å². The Morgan fingerprint density at radius 3 is 2.71 bits per heavy atom. The van der Waals surface area contributed by atoms with Crippen molar-refractivity contribution in [3.05, 3.63) is 52.1 Å². The number of nitrogens with zero attached hydrogens (tertiary/aromatic N) is 1. The molecule has 0 spiro atoms. The summed E-state index contributed by atoms with van der Waals surface area (Å²) in [6.07, 6.45) is 0. The topological polar surface area (TPSA) is 81.0 Å². The lowest BCUT2D eigenvalue weighted by Crippen LogP contribution is -2.14. The molecule has 1 heterocycles. The fourth-order valence-corrected chi connectivity index (χ4v) is 1.38. The Balaban J connectivity index is 2.07. The van der Waals surface area contributed by atoms with Crippen molar-refractivity contribution in [1.29, 1.82) is 0 Å². The van der Waals surface area contributed by atoms with Crippen molar-refractivity contribution in [1.82, 2.24) is 9.97 Å². The van der Waals surface area contributed by atoms with Gasteiger partial charge in [-0.1, -0.05) is 17.7 Å². The van der Waals surface area contributed by atoms with Gasteiger partial charge in [0, 0.05) is 6.07 Å². The van der Waals surface area contributed by atoms with Crippen LogP contribution in [-0.4, -0.2) is 9.97 Å². The number of benzene rings is 1. The highest BCUT2D eigenvalue weighted by Gasteiger charge is 2.00. The van der Waals surface area contributed by atoms with Gasteiger partial charge in [-0.25, -0.2) is 4.98 Å². The molecule has 0 saturated heterocycles. The summed E-state index contributed by atoms with van der Waals surface area (Å²) in [5.41, 5.74) is 6.34. The van der Waals surface area contributed by atoms with Gasteiger partial charge >= 0.3 is 0 Å². The third kappa shape index (κ3) is 3.07. The number of hydrogen-bond acceptors (Lipinski definition) is 4. The SMILES string of the molecule is Cc1ccc(OCc2nc(N)cc(=O)[nH]2)cc1. The number of anilines is 1. The molecule has 0 amide bonds. The fourth-order valence-electron chi connectivity index (χ4n) is 1.38. The van der Waals surface area contributed by atoms with E-state index in [0.29, 0.717) is 5.82 Å². The Bertz CT molecular complexity index is 561. The molecule has 5 nitrogen and oxygen atoms in total. The van der Waals surface area contributed by atoms with Crippen LogP contribution in [0.15, 0.2) is 35.1 Å². The highest BCUT2D eigenvalue weighted by atomic mass is 16.5. The lowest BCUT2D eigenvalue weighted by Gasteiger charge is -2.05. The number of rotatable bonds is 3. The van der Waals surface area contributed by atoms with Gasteiger partial charge in [-0.3, -0.25) is 4.79 Å². The second-order valence-electron chi connectivity index (χ2n) is 3.72. The van der Waals surface area contributed by atoms with Gasteiger partial charge in [-0.05, 0) is 19.1 Å². The van der Waals surface area contributed by atoms with Gasteiger partial charge in [0.2, 0.25) is 0 Å². The van der Waals surface area contributed by atoms with Gasteiger partial charge in [0.25, 0.3) is 5.56 Å². The zero-order chi connectivity index (χ0) is 12.3. The van der Waals surface area contributed by atoms with Crippen LogP contribution in [0, 0.1) is 6.92 Å². The van der Waals surface area contributed by atoms with Crippen LogP contribution in [0.4, 0.5) is 5.82 Å². The number of aryl methyl sites for hydroxylation is 1. The predicted molar refractivity (Wildman–Crippen MR) is 64.8 cm³/mol. The van der Waals surface area contributed by atoms with Crippen LogP contribution < -0.4 is 16.0 Å². The van der Waals surface area contributed by atoms with E-state index in [2.05, 4.69) is 9.97 Å². The van der Waals surface area contributed by atoms with E-state index in [9.17, 15) is 4.79 Å². The predicted octanol–water partition coefficient (Wildman–Crippen LogP) is 1.24. The van der Waals surface area contributed by atoms with E-state index >= 15 is 0 Å². The molecule has 2 aromatic rings. The Morgan fingerprint density at radius 2 is 2.06 bits per heavy atom. The summed E-state index contributed by atoms with van der Waals surface area (Å²) in [7, 11) is 0. The molecule has 0 fully saturated rings. The summed E-state index contributed by atoms with van der Waals surface area (Å²) in [4.78, 5) is 17.7. The second-order valence-corrected chi connectivity index (χ2v) is 3.72. The first-order chi connectivity index (χ1) is 8.13. The number of nitrogens with one attached hydrogen (secondary N) is 1. The quantitative estimate of drug-likeness (QED) is 0.832. The van der Waals surface area contributed by atoms with E-state index in [0.717, 1.165) is 11.3 Å². The molecule has 0 aliphatic heterocycles. The maximum Gasteiger partial charge on any atom is 0.253 e. The van der Waals surface area contributed by atoms with Crippen LogP contribution in [0.5, 0.6) is 5.75 Å². The van der Waals surface area contributed by atoms with Gasteiger partial charge in [0.1, 0.15) is 24.0 Å². The van der Waals surface area contributed by atoms with Crippen molar-refractivity contribution in [2.75, 3.05) is 5.73 Å². The van der Waals surface area contributed by atoms with Gasteiger partial charge < -0.3 is 15.5 Å². The minimum atomic E-state index is -0.278. The van der Waals surface area contributed by atoms with Crippen molar-refractivity contribution in [2.24, 2.45) is 0 Å². The fraction of sp³-hybridized carbons (Fsp3) is 0.167. The molecule has 0 saturated carbocycles. The van der Waals surface area contributed by atoms with Crippen LogP contribution in [0.3, 0.4) is 0 Å². The normalized spacial score (nSPS) is 10.2. The van der Waals surface area contributed by atoms with E-state index in [1.165, 1.54) is 6.07 Å². The lowest BCUT2D eigenvalue weighted by atomic mass is 10.2. The average Bonchev–Trinajstić information content (AvgIpc) is 2.27. The summed E-state index contributed by atoms with van der Waals surface area (Å²) in [5, 5.41) is 0. The molecule has 1 aromatic carbocycles. The molecular formula is C12H13N3O2. The van der Waals surface area contributed by atoms with Crippen LogP contribution in [-0.2, 0) is 6.61 Å². The maximum atomic E-state index is 11.1. The van der Waals surface area contributed by atoms with Crippen LogP contribution in [0.2, 0.25) is 0 Å². The maximum absolute atomic E-state index is 11.1. The molecule has 88 valence electrons. The number of hydrogen-bond donors (Lipinski definition) is 2. The zero-order valence-electron chi connectivity index (χ0n) is 9.43. The summed E-state index contributed by atoms with van der Waals surface area (Å²) < 4.78 is 5.47. The van der Waals surface area contributed by atoms with Crippen LogP contribution in [0.1, 0.15) is 11.4 Å². The molecule has 0 bridgehead atoms. The molecule has 0 atom stereocenters. The van der Waals surface area contributed by atoms with Crippen molar-refractivity contribution in [2.45, 2.75) is 13.5 Å². The Kier molecular flexibility index (Phi) is 3.09. The van der Waals surface area contributed by atoms with Crippen molar-refractivity contribution >= 4 is 5.82 Å². The number of aromatic amines is 1. The number of nitrogen functional groups attached to an aromatic ring is 1. The first kappa shape index (κ1) is 11.2. The minimum Gasteiger partial charge on any atom is -0.486 e. The van der Waals surface area contributed by atoms with Crippen LogP contribution >= 0.6 is 0 Å². The first-order valence-corrected chi connectivity index (χ1v) is 5.19. The Morgan fingerprint density at radius 1 is 1.35 bits per heavy atom. The van der Waals surface area contributed by atoms with Gasteiger partial charge in [0.05, 0.1) is 0 Å². The van der Waals surface area contributed by atoms with E-state index in [1.54, 1.807) is 0 Å². The standard InChI is InChI=1S/C12H13N3O2/c1-8-2-4-9(5-3-8)17-7-11-14-10(13)6-12(16)15-11/h2-6H,7H2,1H3,(H3,13,14,15,16). The van der Waals surface area contributed by atoms with E-state index in [4.69, 9.17) is 10.5 Å². The summed E-state index contributed by atoms with van der Waals surface area (Å²) in [6, 6.07) is 8.85. The Labute approximate surface area is 98.3 Å². The van der Waals surface area contributed by atoms with Crippen molar-refractivity contribution in [3.8, 4) is 5.75 Å². The number of nitrogens with two attached hydrogens (primary N) is 1. The molecule has 3 N–H and O–H groups in total. The Hall–Kier alpha value is -2.30. The molecule has 5 heteroatoms. The third-order valence-electron chi connectivity index (χ3n) is 2.21. The molecule has 0 aliphatic rings. The largest absolute Gasteiger partial charge is 0.486 e. The summed E-state index contributed by atoms with van der Waals surface area (Å²) in [6.45, 7) is 2.18. The second kappa shape index (κ2) is 4.69. The lowest BCUT2D eigenvalue weighted by molar-refractivity contribution is 0.295. The average molecular weight is 231 g/mol. The van der Waals surface area contributed by atoms with Crippen molar-refractivity contribution < 1.29 is 4.74 Å². The third-order valence-corrected chi connectivity index (χ3v) is 2.21. The smallest absolute Gasteiger partial charge is 0.253 e. The highest BCUT2D eigenvalue weighted by Crippen LogP contribution is 2.12. The molecule has 17 heavy (non-hydrogen) atoms. The van der Waals surface area contributed by atoms with Crippen LogP contribution in [0.25, 0.3) is 0 Å². The number of H-pyrrole nitrogens is 1. The molecule has 1 aromatic heterocycles. The van der Waals surface area contributed by atoms with Gasteiger partial charge in [0.15, 0.2) is 0 Å². The van der Waals surface area contributed by atoms with E-state index < -0.39 is 0 Å². The summed E-state index contributed by atoms with van der Waals surface area (Å²) >= 11 is 0. The minimum absolute atomic E-state index is 0.184. The molecule has 0 aliphatic carbocycles. The molecule has 2 rings (SSSR count). The van der Waals surface area contributed by atoms with E-state index in [-0.39, 0.29) is 18.0 Å². The zero-order valence-corrected chi connectivity index (χ0v) is 9.43. The van der Waals surface area contributed by atoms with E-state index in [1.807, 2.05) is 31.2 Å². The first-order valence-electron chi connectivity index (χ1n) is 5.19. The molecule has 0 radical (unpaired) electrons. The molecular weight excluding hydrogens is 218 g/mol. The van der Waals surface area contributed by atoms with Crippen molar-refractivity contribution in [3.63, 3.8) is 0 Å². The summed E-state index contributed by atoms with van der Waals surface area (Å²) in [5.74, 6) is 1.33. The number of aromatic nitrogens is 2. The highest BCUT2D eigenvalue weighted by molar-refractivity contribution is 5.27. The molecule has 0 unspecified atom stereocenters.